The van der Waals surface area contributed by atoms with Gasteiger partial charge in [-0.2, -0.15) is 0 Å². The molecule has 0 radical (unpaired) electrons. The smallest absolute Gasteiger partial charge is 0.255 e. The van der Waals surface area contributed by atoms with Gasteiger partial charge in [0.15, 0.2) is 5.78 Å². The van der Waals surface area contributed by atoms with Gasteiger partial charge in [0.25, 0.3) is 5.91 Å². The zero-order chi connectivity index (χ0) is 25.2. The quantitative estimate of drug-likeness (QED) is 0.545. The normalized spacial score (nSPS) is 19.5. The predicted molar refractivity (Wildman–Crippen MR) is 137 cm³/mol. The fraction of sp³-hybridized carbons (Fsp3) is 0.241. The van der Waals surface area contributed by atoms with Crippen LogP contribution in [0.1, 0.15) is 48.4 Å². The Labute approximate surface area is 210 Å². The highest BCUT2D eigenvalue weighted by Gasteiger charge is 2.41. The number of hydrogen-bond acceptors (Lipinski definition) is 6. The predicted octanol–water partition coefficient (Wildman–Crippen LogP) is 4.79. The SMILES string of the molecule is COc1ccc([C@H]2CC(=O)C3=C(C2)NC(C)=C(C(=O)Nc2cccc(C)n2)[C@@H]3c2cccnc2)cc1. The first-order valence-electron chi connectivity index (χ1n) is 12.0. The largest absolute Gasteiger partial charge is 0.497 e. The van der Waals surface area contributed by atoms with Gasteiger partial charge in [0.05, 0.1) is 7.11 Å². The highest BCUT2D eigenvalue weighted by Crippen LogP contribution is 2.45. The minimum atomic E-state index is -0.510. The number of rotatable bonds is 5. The minimum Gasteiger partial charge on any atom is -0.497 e. The number of nitrogens with one attached hydrogen (secondary N) is 2. The molecule has 1 aromatic carbocycles. The summed E-state index contributed by atoms with van der Waals surface area (Å²) >= 11 is 0. The number of aromatic nitrogens is 2. The third-order valence-corrected chi connectivity index (χ3v) is 6.81. The number of ether oxygens (including phenoxy) is 1. The Hall–Kier alpha value is -4.26. The fourth-order valence-electron chi connectivity index (χ4n) is 5.13. The van der Waals surface area contributed by atoms with Crippen molar-refractivity contribution in [1.29, 1.82) is 0 Å². The Morgan fingerprint density at radius 1 is 1.03 bits per heavy atom. The second kappa shape index (κ2) is 9.77. The topological polar surface area (TPSA) is 93.2 Å². The zero-order valence-electron chi connectivity index (χ0n) is 20.5. The molecule has 0 spiro atoms. The first kappa shape index (κ1) is 23.5. The average molecular weight is 481 g/mol. The highest BCUT2D eigenvalue weighted by molar-refractivity contribution is 6.09. The number of pyridine rings is 2. The maximum Gasteiger partial charge on any atom is 0.255 e. The van der Waals surface area contributed by atoms with E-state index in [0.29, 0.717) is 29.8 Å². The van der Waals surface area contributed by atoms with Crippen LogP contribution in [0.4, 0.5) is 5.82 Å². The van der Waals surface area contributed by atoms with Gasteiger partial charge in [0, 0.05) is 53.0 Å². The lowest BCUT2D eigenvalue weighted by molar-refractivity contribution is -0.116. The van der Waals surface area contributed by atoms with Gasteiger partial charge in [-0.15, -0.1) is 0 Å². The summed E-state index contributed by atoms with van der Waals surface area (Å²) in [7, 11) is 1.64. The summed E-state index contributed by atoms with van der Waals surface area (Å²) in [6, 6.07) is 17.1. The molecule has 1 aliphatic heterocycles. The molecule has 0 saturated carbocycles. The fourth-order valence-corrected chi connectivity index (χ4v) is 5.13. The summed E-state index contributed by atoms with van der Waals surface area (Å²) in [6.45, 7) is 3.75. The van der Waals surface area contributed by atoms with E-state index < -0.39 is 5.92 Å². The third kappa shape index (κ3) is 4.52. The summed E-state index contributed by atoms with van der Waals surface area (Å²) in [5.74, 6) is 0.534. The Morgan fingerprint density at radius 2 is 1.83 bits per heavy atom. The molecule has 1 aliphatic carbocycles. The van der Waals surface area contributed by atoms with Crippen LogP contribution >= 0.6 is 0 Å². The van der Waals surface area contributed by atoms with Gasteiger partial charge >= 0.3 is 0 Å². The van der Waals surface area contributed by atoms with Crippen molar-refractivity contribution >= 4 is 17.5 Å². The van der Waals surface area contributed by atoms with Crippen molar-refractivity contribution in [2.24, 2.45) is 0 Å². The Morgan fingerprint density at radius 3 is 2.53 bits per heavy atom. The Bertz CT molecular complexity index is 1380. The van der Waals surface area contributed by atoms with Gasteiger partial charge in [0.1, 0.15) is 11.6 Å². The van der Waals surface area contributed by atoms with E-state index in [1.807, 2.05) is 62.4 Å². The molecule has 182 valence electrons. The van der Waals surface area contributed by atoms with Crippen LogP contribution in [0.3, 0.4) is 0 Å². The lowest BCUT2D eigenvalue weighted by Gasteiger charge is -2.37. The molecule has 0 fully saturated rings. The molecule has 7 nitrogen and oxygen atoms in total. The number of nitrogens with zero attached hydrogens (tertiary/aromatic N) is 2. The average Bonchev–Trinajstić information content (AvgIpc) is 2.88. The molecule has 1 amide bonds. The molecule has 0 saturated heterocycles. The number of amides is 1. The number of allylic oxidation sites excluding steroid dienone is 3. The van der Waals surface area contributed by atoms with Crippen LogP contribution < -0.4 is 15.4 Å². The van der Waals surface area contributed by atoms with Gasteiger partial charge in [-0.3, -0.25) is 14.6 Å². The standard InChI is InChI=1S/C29H28N4O3/c1-17-6-4-8-25(31-17)33-29(35)26-18(2)32-23-14-21(19-9-11-22(36-3)12-10-19)15-24(34)28(23)27(26)20-7-5-13-30-16-20/h4-13,16,21,27,32H,14-15H2,1-3H3,(H,31,33,35)/t21-,27+/m1/s1. The van der Waals surface area contributed by atoms with Crippen LogP contribution in [0.5, 0.6) is 5.75 Å². The summed E-state index contributed by atoms with van der Waals surface area (Å²) in [6.07, 6.45) is 4.47. The van der Waals surface area contributed by atoms with Crippen molar-refractivity contribution in [3.63, 3.8) is 0 Å². The maximum atomic E-state index is 13.7. The van der Waals surface area contributed by atoms with E-state index in [1.54, 1.807) is 25.6 Å². The number of carbonyl (C=O) groups excluding carboxylic acids is 2. The number of methoxy groups -OCH3 is 1. The molecule has 3 aromatic rings. The van der Waals surface area contributed by atoms with E-state index in [9.17, 15) is 9.59 Å². The first-order chi connectivity index (χ1) is 17.4. The molecule has 2 aromatic heterocycles. The molecule has 2 N–H and O–H groups in total. The van der Waals surface area contributed by atoms with E-state index in [2.05, 4.69) is 20.6 Å². The van der Waals surface area contributed by atoms with Crippen molar-refractivity contribution in [2.45, 2.75) is 38.5 Å². The lowest BCUT2D eigenvalue weighted by Crippen LogP contribution is -2.37. The lowest BCUT2D eigenvalue weighted by atomic mass is 9.72. The van der Waals surface area contributed by atoms with Crippen molar-refractivity contribution in [3.05, 3.63) is 106 Å². The molecule has 2 atom stereocenters. The van der Waals surface area contributed by atoms with E-state index >= 15 is 0 Å². The van der Waals surface area contributed by atoms with E-state index in [0.717, 1.165) is 34.0 Å². The summed E-state index contributed by atoms with van der Waals surface area (Å²) in [5, 5.41) is 6.34. The van der Waals surface area contributed by atoms with E-state index in [1.165, 1.54) is 0 Å². The number of dihydropyridines is 1. The van der Waals surface area contributed by atoms with Crippen LogP contribution in [0.25, 0.3) is 0 Å². The number of benzene rings is 1. The number of ketones is 1. The summed E-state index contributed by atoms with van der Waals surface area (Å²) in [4.78, 5) is 36.0. The monoisotopic (exact) mass is 480 g/mol. The van der Waals surface area contributed by atoms with Crippen molar-refractivity contribution in [3.8, 4) is 5.75 Å². The Balaban J connectivity index is 1.52. The van der Waals surface area contributed by atoms with Crippen LogP contribution in [0, 0.1) is 6.92 Å². The summed E-state index contributed by atoms with van der Waals surface area (Å²) in [5.41, 5.74) is 5.43. The number of carbonyl (C=O) groups is 2. The summed E-state index contributed by atoms with van der Waals surface area (Å²) < 4.78 is 5.28. The highest BCUT2D eigenvalue weighted by atomic mass is 16.5. The van der Waals surface area contributed by atoms with Crippen LogP contribution in [-0.4, -0.2) is 28.8 Å². The second-order valence-corrected chi connectivity index (χ2v) is 9.20. The third-order valence-electron chi connectivity index (χ3n) is 6.81. The zero-order valence-corrected chi connectivity index (χ0v) is 20.5. The number of aryl methyl sites for hydroxylation is 1. The van der Waals surface area contributed by atoms with Gasteiger partial charge in [-0.05, 0) is 67.6 Å². The minimum absolute atomic E-state index is 0.0323. The van der Waals surface area contributed by atoms with Crippen LogP contribution in [-0.2, 0) is 9.59 Å². The van der Waals surface area contributed by atoms with Crippen LogP contribution in [0.15, 0.2) is 89.5 Å². The molecule has 0 unspecified atom stereocenters. The maximum absolute atomic E-state index is 13.7. The second-order valence-electron chi connectivity index (χ2n) is 9.20. The molecule has 5 rings (SSSR count). The molecular formula is C29H28N4O3. The van der Waals surface area contributed by atoms with Gasteiger partial charge < -0.3 is 15.4 Å². The Kier molecular flexibility index (Phi) is 6.38. The van der Waals surface area contributed by atoms with E-state index in [4.69, 9.17) is 4.74 Å². The van der Waals surface area contributed by atoms with Gasteiger partial charge in [-0.1, -0.05) is 24.3 Å². The number of Topliss-reactive ketones (excluding diaryl/α,β-unsaturated/α-hetero) is 1. The molecule has 3 heterocycles. The number of hydrogen-bond donors (Lipinski definition) is 2. The van der Waals surface area contributed by atoms with Gasteiger partial charge in [0.2, 0.25) is 0 Å². The van der Waals surface area contributed by atoms with Crippen LogP contribution in [0.2, 0.25) is 0 Å². The van der Waals surface area contributed by atoms with E-state index in [-0.39, 0.29) is 17.6 Å². The molecule has 36 heavy (non-hydrogen) atoms. The van der Waals surface area contributed by atoms with Gasteiger partial charge in [-0.25, -0.2) is 4.98 Å². The molecule has 2 aliphatic rings. The molecule has 7 heteroatoms. The number of anilines is 1. The van der Waals surface area contributed by atoms with Crippen molar-refractivity contribution in [2.75, 3.05) is 12.4 Å². The van der Waals surface area contributed by atoms with Crippen molar-refractivity contribution in [1.82, 2.24) is 15.3 Å². The first-order valence-corrected chi connectivity index (χ1v) is 12.0. The molecular weight excluding hydrogens is 452 g/mol. The molecule has 0 bridgehead atoms. The van der Waals surface area contributed by atoms with Crippen molar-refractivity contribution < 1.29 is 14.3 Å².